The molecule has 4 heterocycles. The van der Waals surface area contributed by atoms with Gasteiger partial charge in [-0.1, -0.05) is 0 Å². The van der Waals surface area contributed by atoms with E-state index in [1.165, 1.54) is 11.4 Å². The van der Waals surface area contributed by atoms with Crippen LogP contribution < -0.4 is 29.1 Å². The number of carbonyl (C=O) groups is 2. The number of aromatic nitrogens is 8. The number of nitrogens with one attached hydrogen (secondary N) is 4. The molecule has 20 heteroatoms. The van der Waals surface area contributed by atoms with Crippen molar-refractivity contribution in [3.8, 4) is 0 Å². The molecule has 4 unspecified atom stereocenters. The Bertz CT molecular complexity index is 1810. The van der Waals surface area contributed by atoms with Gasteiger partial charge in [0.25, 0.3) is 0 Å². The normalized spacial score (nSPS) is 14.5. The number of carboxylic acid groups (broad SMARTS) is 2. The molecule has 0 amide bonds. The molecule has 0 saturated carbocycles. The number of imidazole rings is 4. The van der Waals surface area contributed by atoms with Crippen LogP contribution in [0.1, 0.15) is 36.6 Å². The number of aliphatic carboxylic acids is 2. The van der Waals surface area contributed by atoms with Crippen molar-refractivity contribution in [2.75, 3.05) is 84.6 Å². The molecule has 0 saturated heterocycles. The zero-order valence-corrected chi connectivity index (χ0v) is 42.1. The first-order valence-corrected chi connectivity index (χ1v) is 25.8. The summed E-state index contributed by atoms with van der Waals surface area (Å²) in [6.45, 7) is 4.50. The van der Waals surface area contributed by atoms with Crippen LogP contribution in [-0.2, 0) is 35.3 Å². The Labute approximate surface area is 360 Å². The first-order valence-electron chi connectivity index (χ1n) is 18.1. The average Bonchev–Trinajstić information content (AvgIpc) is 3.85. The Morgan fingerprint density at radius 2 is 0.821 bits per heavy atom. The van der Waals surface area contributed by atoms with Crippen molar-refractivity contribution in [3.63, 3.8) is 0 Å². The van der Waals surface area contributed by atoms with Crippen LogP contribution in [0.3, 0.4) is 0 Å². The number of aromatic amines is 4. The van der Waals surface area contributed by atoms with Crippen LogP contribution in [0.25, 0.3) is 0 Å². The molecule has 16 nitrogen and oxygen atoms in total. The average molecular weight is 1040 g/mol. The van der Waals surface area contributed by atoms with Gasteiger partial charge >= 0.3 is 363 Å². The van der Waals surface area contributed by atoms with E-state index in [4.69, 9.17) is 0 Å². The molecule has 0 aliphatic carbocycles. The molecule has 4 rings (SSSR count). The summed E-state index contributed by atoms with van der Waals surface area (Å²) in [4.78, 5) is 52.4. The van der Waals surface area contributed by atoms with Crippen molar-refractivity contribution < 1.29 is 37.7 Å². The van der Waals surface area contributed by atoms with Crippen molar-refractivity contribution in [1.82, 2.24) is 39.9 Å². The number of carboxylic acids is 2. The van der Waals surface area contributed by atoms with E-state index in [9.17, 15) is 19.8 Å². The third kappa shape index (κ3) is 17.7. The van der Waals surface area contributed by atoms with Gasteiger partial charge in [-0.05, 0) is 0 Å². The Balaban J connectivity index is 0.000000324. The number of carbonyl (C=O) groups excluding carboxylic acids is 2. The molecule has 4 aromatic rings. The van der Waals surface area contributed by atoms with Gasteiger partial charge in [0.05, 0.1) is 0 Å². The number of rotatable bonds is 17. The molecular weight excluding hydrogens is 980 g/mol. The van der Waals surface area contributed by atoms with Gasteiger partial charge in [-0.15, -0.1) is 0 Å². The van der Waals surface area contributed by atoms with E-state index in [-0.39, 0.29) is 26.3 Å². The van der Waals surface area contributed by atoms with E-state index >= 15 is 0 Å². The fraction of sp³-hybridized carbons (Fsp3) is 0.611. The molecule has 56 heavy (non-hydrogen) atoms. The number of likely N-dealkylation sites (N-methyl/N-ethyl adjacent to an activating group) is 4. The summed E-state index contributed by atoms with van der Waals surface area (Å²) in [7, 11) is 24.3. The van der Waals surface area contributed by atoms with E-state index in [1.54, 1.807) is 12.4 Å². The number of hydrogen-bond donors (Lipinski definition) is 4. The fourth-order valence-electron chi connectivity index (χ4n) is 4.88. The molecule has 312 valence electrons. The summed E-state index contributed by atoms with van der Waals surface area (Å²) < 4.78 is 6.04. The van der Waals surface area contributed by atoms with Gasteiger partial charge in [-0.25, -0.2) is 0 Å². The van der Waals surface area contributed by atoms with Crippen molar-refractivity contribution in [2.24, 2.45) is 0 Å². The van der Waals surface area contributed by atoms with Gasteiger partial charge in [-0.3, -0.25) is 0 Å². The molecule has 0 spiro atoms. The minimum atomic E-state index is -1.04. The summed E-state index contributed by atoms with van der Waals surface area (Å²) in [5.41, 5.74) is 4.01. The summed E-state index contributed by atoms with van der Waals surface area (Å²) in [6, 6.07) is -0.0799. The molecule has 0 fully saturated rings. The maximum absolute atomic E-state index is 11.4. The molecule has 0 aliphatic rings. The minimum absolute atomic E-state index is 0.166. The first kappa shape index (κ1) is 49.8. The SMILES string of the molecule is CC(Cc1cnc([Se])[nH]1)[N+](C)(C)C.CC(Cc1cnc([Se][Se]c2ncc(CC(C(=O)[O-])[N+](C)(C)C)[nH]2)[nH]1)[N+](C)(C)C.C[N+](C)(C)C(Cc1cnc([Se])[nH]1)C(=O)[O-]. The Hall–Kier alpha value is -2.30. The first-order chi connectivity index (χ1) is 25.6. The van der Waals surface area contributed by atoms with Crippen LogP contribution in [0, 0.1) is 0 Å². The summed E-state index contributed by atoms with van der Waals surface area (Å²) in [5.74, 6) is -2.08. The van der Waals surface area contributed by atoms with E-state index < -0.39 is 24.0 Å². The van der Waals surface area contributed by atoms with Crippen LogP contribution in [0.4, 0.5) is 0 Å². The zero-order valence-electron chi connectivity index (χ0n) is 35.3. The van der Waals surface area contributed by atoms with Gasteiger partial charge < -0.3 is 0 Å². The molecule has 2 radical (unpaired) electrons. The third-order valence-corrected chi connectivity index (χ3v) is 16.5. The monoisotopic (exact) mass is 1050 g/mol. The number of nitrogens with zero attached hydrogens (tertiary/aromatic N) is 8. The zero-order chi connectivity index (χ0) is 42.8. The quantitative estimate of drug-likeness (QED) is 0.0596. The Morgan fingerprint density at radius 3 is 1.09 bits per heavy atom. The van der Waals surface area contributed by atoms with Crippen molar-refractivity contribution in [2.45, 2.75) is 63.7 Å². The Morgan fingerprint density at radius 1 is 0.536 bits per heavy atom. The van der Waals surface area contributed by atoms with Gasteiger partial charge in [0.2, 0.25) is 0 Å². The fourth-order valence-corrected chi connectivity index (χ4v) is 10.7. The van der Waals surface area contributed by atoms with E-state index in [1.807, 2.05) is 54.7 Å². The Kier molecular flexibility index (Phi) is 18.8. The molecule has 0 aliphatic heterocycles. The second-order valence-corrected chi connectivity index (χ2v) is 25.2. The van der Waals surface area contributed by atoms with Gasteiger partial charge in [-0.2, -0.15) is 0 Å². The van der Waals surface area contributed by atoms with Crippen molar-refractivity contribution in [1.29, 1.82) is 0 Å². The molecule has 4 aromatic heterocycles. The molecule has 0 aromatic carbocycles. The second kappa shape index (κ2) is 21.1. The van der Waals surface area contributed by atoms with Crippen LogP contribution in [-0.4, -0.2) is 237 Å². The summed E-state index contributed by atoms with van der Waals surface area (Å²) in [6.07, 6.45) is 10.0. The summed E-state index contributed by atoms with van der Waals surface area (Å²) >= 11 is 5.96. The molecule has 0 bridgehead atoms. The van der Waals surface area contributed by atoms with Crippen LogP contribution in [0.5, 0.6) is 0 Å². The predicted octanol–water partition coefficient (Wildman–Crippen LogP) is -5.18. The van der Waals surface area contributed by atoms with E-state index in [0.717, 1.165) is 47.4 Å². The predicted molar refractivity (Wildman–Crippen MR) is 219 cm³/mol. The van der Waals surface area contributed by atoms with Gasteiger partial charge in [0, 0.05) is 0 Å². The third-order valence-electron chi connectivity index (χ3n) is 9.54. The van der Waals surface area contributed by atoms with Crippen LogP contribution in [0.15, 0.2) is 24.8 Å². The van der Waals surface area contributed by atoms with Crippen LogP contribution in [0.2, 0.25) is 0 Å². The summed E-state index contributed by atoms with van der Waals surface area (Å²) in [5, 5.41) is 22.4. The van der Waals surface area contributed by atoms with Gasteiger partial charge in [0.15, 0.2) is 0 Å². The molecule has 4 N–H and O–H groups in total. The number of hydrogen-bond acceptors (Lipinski definition) is 8. The number of H-pyrrole nitrogens is 4. The van der Waals surface area contributed by atoms with E-state index in [2.05, 4.69) is 128 Å². The second-order valence-electron chi connectivity index (χ2n) is 17.7. The van der Waals surface area contributed by atoms with Crippen LogP contribution >= 0.6 is 0 Å². The maximum atomic E-state index is 11.4. The topological polar surface area (TPSA) is 195 Å². The molecular formula is C36H62N12O4Se4+2. The molecule has 4 atom stereocenters. The van der Waals surface area contributed by atoms with E-state index in [0.29, 0.717) is 38.6 Å². The van der Waals surface area contributed by atoms with Gasteiger partial charge in [0.1, 0.15) is 0 Å². The standard InChI is InChI=1S/C18H30N6O2Se2.C9H14N3O2Se.C9H17N3Se/c1-12(23(2,3)4)8-13-10-19-17(21-13)27-28-18-20-11-14(22-18)9-15(16(25)26)24(5,6)7;1-12(2,3)7(8(13)14)4-6-5-10-9(15)11-6;1-7(12(2,3)4)5-8-6-10-9(13)11-8/h10-12,15H,8-9H2,1-7H3,(H-2,19,20,21,22,25,26);5,7H,4H2,1-3H3,(H-,10,11,13,14);6-7H,5H2,1-4H3,(H,10,11)/q;;+1/p+1. The van der Waals surface area contributed by atoms with Crippen molar-refractivity contribution in [3.05, 3.63) is 47.6 Å². The van der Waals surface area contributed by atoms with Crippen molar-refractivity contribution >= 4 is 89.1 Å². The number of quaternary nitrogens is 4.